The molecule has 5 nitrogen and oxygen atoms in total. The molecule has 0 amide bonds. The Balaban J connectivity index is 2.58. The van der Waals surface area contributed by atoms with Crippen molar-refractivity contribution in [1.82, 2.24) is 10.1 Å². The van der Waals surface area contributed by atoms with Crippen LogP contribution in [0, 0.1) is 0 Å². The molecular weight excluding hydrogens is 226 g/mol. The fourth-order valence-corrected chi connectivity index (χ4v) is 1.88. The number of rotatable bonds is 6. The highest BCUT2D eigenvalue weighted by Crippen LogP contribution is 2.17. The number of aliphatic hydroxyl groups is 1. The second-order valence-corrected chi connectivity index (χ2v) is 5.08. The van der Waals surface area contributed by atoms with Crippen molar-refractivity contribution in [3.8, 4) is 0 Å². The Morgan fingerprint density at radius 1 is 1.44 bits per heavy atom. The van der Waals surface area contributed by atoms with Crippen molar-refractivity contribution < 1.29 is 9.63 Å². The van der Waals surface area contributed by atoms with Gasteiger partial charge in [0.2, 0.25) is 0 Å². The fourth-order valence-electron chi connectivity index (χ4n) is 1.25. The highest BCUT2D eigenvalue weighted by Gasteiger charge is 2.18. The highest BCUT2D eigenvalue weighted by molar-refractivity contribution is 7.99. The van der Waals surface area contributed by atoms with Crippen LogP contribution in [0.3, 0.4) is 0 Å². The van der Waals surface area contributed by atoms with Crippen LogP contribution < -0.4 is 5.32 Å². The molecule has 0 aliphatic carbocycles. The lowest BCUT2D eigenvalue weighted by molar-refractivity contribution is 0.287. The molecule has 2 N–H and O–H groups in total. The van der Waals surface area contributed by atoms with E-state index >= 15 is 0 Å². The van der Waals surface area contributed by atoms with Crippen LogP contribution >= 0.6 is 11.8 Å². The topological polar surface area (TPSA) is 71.2 Å². The van der Waals surface area contributed by atoms with Gasteiger partial charge in [-0.05, 0) is 13.2 Å². The molecule has 16 heavy (non-hydrogen) atoms. The van der Waals surface area contributed by atoms with Gasteiger partial charge in [0.05, 0.1) is 6.61 Å². The van der Waals surface area contributed by atoms with Gasteiger partial charge in [0, 0.05) is 17.2 Å². The summed E-state index contributed by atoms with van der Waals surface area (Å²) in [6.07, 6.45) is 1.96. The molecule has 0 bridgehead atoms. The smallest absolute Gasteiger partial charge is 0.321 e. The molecule has 0 spiro atoms. The van der Waals surface area contributed by atoms with Gasteiger partial charge in [0.25, 0.3) is 0 Å². The van der Waals surface area contributed by atoms with E-state index in [9.17, 15) is 0 Å². The van der Waals surface area contributed by atoms with Crippen LogP contribution in [0.25, 0.3) is 0 Å². The third-order valence-corrected chi connectivity index (χ3v) is 3.51. The van der Waals surface area contributed by atoms with E-state index in [0.717, 1.165) is 0 Å². The second-order valence-electron chi connectivity index (χ2n) is 4.00. The van der Waals surface area contributed by atoms with Crippen LogP contribution in [-0.4, -0.2) is 39.4 Å². The Hall–Kier alpha value is -0.750. The third kappa shape index (κ3) is 3.38. The first-order valence-corrected chi connectivity index (χ1v) is 6.61. The van der Waals surface area contributed by atoms with E-state index in [1.54, 1.807) is 11.8 Å². The Kier molecular flexibility index (Phi) is 5.08. The van der Waals surface area contributed by atoms with Gasteiger partial charge in [-0.2, -0.15) is 16.7 Å². The summed E-state index contributed by atoms with van der Waals surface area (Å²) >= 11 is 1.61. The molecule has 0 radical (unpaired) electrons. The quantitative estimate of drug-likeness (QED) is 0.795. The minimum absolute atomic E-state index is 0.0838. The fraction of sp³-hybridized carbons (Fsp3) is 0.800. The van der Waals surface area contributed by atoms with Gasteiger partial charge in [0.1, 0.15) is 0 Å². The van der Waals surface area contributed by atoms with Gasteiger partial charge in [-0.25, -0.2) is 0 Å². The van der Waals surface area contributed by atoms with Crippen LogP contribution in [-0.2, 0) is 0 Å². The Morgan fingerprint density at radius 2 is 2.12 bits per heavy atom. The monoisotopic (exact) mass is 245 g/mol. The summed E-state index contributed by atoms with van der Waals surface area (Å²) in [5.41, 5.74) is 0. The number of hydrogen-bond acceptors (Lipinski definition) is 6. The predicted octanol–water partition coefficient (Wildman–Crippen LogP) is 1.72. The van der Waals surface area contributed by atoms with Gasteiger partial charge in [-0.1, -0.05) is 19.0 Å². The van der Waals surface area contributed by atoms with E-state index in [1.165, 1.54) is 0 Å². The number of aliphatic hydroxyl groups excluding tert-OH is 1. The van der Waals surface area contributed by atoms with Crippen molar-refractivity contribution >= 4 is 17.8 Å². The van der Waals surface area contributed by atoms with Crippen molar-refractivity contribution in [2.75, 3.05) is 18.2 Å². The minimum Gasteiger partial charge on any atom is -0.395 e. The SMILES string of the molecule is CS[C@H](CO)[C@@H](C)Nc1nc(C(C)C)no1. The first kappa shape index (κ1) is 13.3. The summed E-state index contributed by atoms with van der Waals surface area (Å²) in [6.45, 7) is 6.13. The molecule has 2 atom stereocenters. The Bertz CT molecular complexity index is 313. The Morgan fingerprint density at radius 3 is 2.56 bits per heavy atom. The minimum atomic E-state index is 0.0838. The zero-order valence-corrected chi connectivity index (χ0v) is 10.9. The average molecular weight is 245 g/mol. The summed E-state index contributed by atoms with van der Waals surface area (Å²) in [6, 6.07) is 0.504. The lowest BCUT2D eigenvalue weighted by atomic mass is 10.2. The number of aromatic nitrogens is 2. The number of anilines is 1. The normalized spacial score (nSPS) is 15.1. The molecule has 1 rings (SSSR count). The molecule has 6 heteroatoms. The molecule has 0 aliphatic heterocycles. The summed E-state index contributed by atoms with van der Waals surface area (Å²) in [7, 11) is 0. The van der Waals surface area contributed by atoms with Crippen molar-refractivity contribution in [2.45, 2.75) is 38.0 Å². The largest absolute Gasteiger partial charge is 0.395 e. The molecule has 1 aromatic rings. The summed E-state index contributed by atoms with van der Waals surface area (Å²) in [4.78, 5) is 4.22. The van der Waals surface area contributed by atoms with Gasteiger partial charge in [-0.15, -0.1) is 0 Å². The van der Waals surface area contributed by atoms with Gasteiger partial charge in [-0.3, -0.25) is 0 Å². The molecule has 0 saturated heterocycles. The van der Waals surface area contributed by atoms with Crippen LogP contribution in [0.4, 0.5) is 6.01 Å². The van der Waals surface area contributed by atoms with Crippen molar-refractivity contribution in [2.24, 2.45) is 0 Å². The maximum absolute atomic E-state index is 9.14. The molecular formula is C10H19N3O2S. The maximum Gasteiger partial charge on any atom is 0.321 e. The molecule has 92 valence electrons. The summed E-state index contributed by atoms with van der Waals surface area (Å²) in [5.74, 6) is 0.947. The summed E-state index contributed by atoms with van der Waals surface area (Å²) in [5, 5.41) is 16.2. The summed E-state index contributed by atoms with van der Waals surface area (Å²) < 4.78 is 5.07. The predicted molar refractivity (Wildman–Crippen MR) is 65.9 cm³/mol. The third-order valence-electron chi connectivity index (χ3n) is 2.35. The standard InChI is InChI=1S/C10H19N3O2S/c1-6(2)9-12-10(15-13-9)11-7(3)8(5-14)16-4/h6-8,14H,5H2,1-4H3,(H,11,12,13)/t7-,8-/m1/s1. The number of nitrogens with one attached hydrogen (secondary N) is 1. The molecule has 0 aromatic carbocycles. The average Bonchev–Trinajstić information content (AvgIpc) is 2.68. The zero-order valence-electron chi connectivity index (χ0n) is 10.1. The highest BCUT2D eigenvalue weighted by atomic mass is 32.2. The molecule has 1 heterocycles. The van der Waals surface area contributed by atoms with Crippen LogP contribution in [0.2, 0.25) is 0 Å². The molecule has 0 aliphatic rings. The van der Waals surface area contributed by atoms with E-state index in [-0.39, 0.29) is 23.8 Å². The van der Waals surface area contributed by atoms with Crippen LogP contribution in [0.1, 0.15) is 32.5 Å². The molecule has 0 unspecified atom stereocenters. The van der Waals surface area contributed by atoms with E-state index < -0.39 is 0 Å². The van der Waals surface area contributed by atoms with E-state index in [0.29, 0.717) is 11.8 Å². The van der Waals surface area contributed by atoms with E-state index in [4.69, 9.17) is 9.63 Å². The number of hydrogen-bond donors (Lipinski definition) is 2. The van der Waals surface area contributed by atoms with Crippen molar-refractivity contribution in [1.29, 1.82) is 0 Å². The van der Waals surface area contributed by atoms with Crippen molar-refractivity contribution in [3.63, 3.8) is 0 Å². The lowest BCUT2D eigenvalue weighted by Crippen LogP contribution is -2.31. The van der Waals surface area contributed by atoms with Crippen LogP contribution in [0.5, 0.6) is 0 Å². The Labute approximate surface area is 100 Å². The first-order valence-electron chi connectivity index (χ1n) is 5.32. The van der Waals surface area contributed by atoms with E-state index in [1.807, 2.05) is 27.0 Å². The van der Waals surface area contributed by atoms with E-state index in [2.05, 4.69) is 15.5 Å². The molecule has 0 fully saturated rings. The molecule has 1 aromatic heterocycles. The second kappa shape index (κ2) is 6.10. The van der Waals surface area contributed by atoms with Gasteiger partial charge in [0.15, 0.2) is 5.82 Å². The maximum atomic E-state index is 9.14. The van der Waals surface area contributed by atoms with Gasteiger partial charge >= 0.3 is 6.01 Å². The van der Waals surface area contributed by atoms with Crippen LogP contribution in [0.15, 0.2) is 4.52 Å². The first-order chi connectivity index (χ1) is 7.58. The van der Waals surface area contributed by atoms with Crippen molar-refractivity contribution in [3.05, 3.63) is 5.82 Å². The molecule has 0 saturated carbocycles. The lowest BCUT2D eigenvalue weighted by Gasteiger charge is -2.19. The number of nitrogens with zero attached hydrogens (tertiary/aromatic N) is 2. The van der Waals surface area contributed by atoms with Gasteiger partial charge < -0.3 is 14.9 Å². The zero-order chi connectivity index (χ0) is 12.1. The number of thioether (sulfide) groups is 1.